The molecule has 2 rings (SSSR count). The first-order valence-electron chi connectivity index (χ1n) is 10.1. The molecule has 0 aromatic rings. The van der Waals surface area contributed by atoms with Crippen LogP contribution in [-0.2, 0) is 0 Å². The molecule has 1 aliphatic carbocycles. The minimum Gasteiger partial charge on any atom is -0.294 e. The van der Waals surface area contributed by atoms with E-state index in [9.17, 15) is 4.39 Å². The molecule has 1 aliphatic heterocycles. The largest absolute Gasteiger partial charge is 0.294 e. The maximum Gasteiger partial charge on any atom is 0.122 e. The Bertz CT molecular complexity index is 368. The topological polar surface area (TPSA) is 3.24 Å². The average Bonchev–Trinajstić information content (AvgIpc) is 2.61. The molecule has 2 aliphatic rings. The standard InChI is InChI=1S/C11H24NP.C8H11F.C2H6/c1-4-9(2)8-12-10(3)6-5-7-11(12)13;1-2-7-5-3-4-6-8(7)9;1-2/h9-11H,4-8,13H2,1-3H3;5-6H,2-4H2,1H3;1-2H3. The molecule has 0 saturated carbocycles. The quantitative estimate of drug-likeness (QED) is 0.485. The van der Waals surface area contributed by atoms with E-state index >= 15 is 0 Å². The number of hydrogen-bond donors (Lipinski definition) is 0. The summed E-state index contributed by atoms with van der Waals surface area (Å²) >= 11 is 0. The fourth-order valence-corrected chi connectivity index (χ4v) is 3.75. The van der Waals surface area contributed by atoms with Crippen molar-refractivity contribution in [3.05, 3.63) is 23.6 Å². The summed E-state index contributed by atoms with van der Waals surface area (Å²) in [5.41, 5.74) is 0.876. The molecule has 4 unspecified atom stereocenters. The zero-order valence-corrected chi connectivity index (χ0v) is 18.1. The lowest BCUT2D eigenvalue weighted by atomic mass is 10.0. The van der Waals surface area contributed by atoms with E-state index < -0.39 is 0 Å². The molecule has 1 heterocycles. The lowest BCUT2D eigenvalue weighted by Crippen LogP contribution is -2.44. The van der Waals surface area contributed by atoms with Crippen molar-refractivity contribution >= 4 is 9.24 Å². The van der Waals surface area contributed by atoms with E-state index in [1.54, 1.807) is 6.08 Å². The zero-order chi connectivity index (χ0) is 18.5. The van der Waals surface area contributed by atoms with E-state index in [1.807, 2.05) is 26.8 Å². The van der Waals surface area contributed by atoms with Gasteiger partial charge >= 0.3 is 0 Å². The van der Waals surface area contributed by atoms with Crippen LogP contribution in [0.1, 0.15) is 86.5 Å². The normalized spacial score (nSPS) is 25.3. The molecule has 3 heteroatoms. The highest BCUT2D eigenvalue weighted by Gasteiger charge is 2.25. The summed E-state index contributed by atoms with van der Waals surface area (Å²) < 4.78 is 12.6. The van der Waals surface area contributed by atoms with Crippen LogP contribution in [0.4, 0.5) is 4.39 Å². The highest BCUT2D eigenvalue weighted by molar-refractivity contribution is 7.17. The van der Waals surface area contributed by atoms with Gasteiger partial charge in [-0.05, 0) is 56.6 Å². The van der Waals surface area contributed by atoms with Gasteiger partial charge in [0.15, 0.2) is 0 Å². The van der Waals surface area contributed by atoms with Crippen LogP contribution < -0.4 is 0 Å². The Balaban J connectivity index is 0.000000420. The monoisotopic (exact) mass is 357 g/mol. The summed E-state index contributed by atoms with van der Waals surface area (Å²) in [5, 5.41) is 0. The maximum atomic E-state index is 12.6. The number of hydrogen-bond acceptors (Lipinski definition) is 1. The first-order chi connectivity index (χ1) is 11.5. The van der Waals surface area contributed by atoms with Crippen LogP contribution >= 0.6 is 9.24 Å². The van der Waals surface area contributed by atoms with Crippen LogP contribution in [0.2, 0.25) is 0 Å². The van der Waals surface area contributed by atoms with Crippen molar-refractivity contribution in [3.8, 4) is 0 Å². The van der Waals surface area contributed by atoms with Gasteiger partial charge in [-0.1, -0.05) is 53.5 Å². The molecule has 1 fully saturated rings. The first kappa shape index (κ1) is 23.8. The third-order valence-electron chi connectivity index (χ3n) is 4.90. The lowest BCUT2D eigenvalue weighted by Gasteiger charge is -2.40. The van der Waals surface area contributed by atoms with E-state index in [2.05, 4.69) is 34.9 Å². The van der Waals surface area contributed by atoms with Gasteiger partial charge in [0.2, 0.25) is 0 Å². The second-order valence-corrected chi connectivity index (χ2v) is 7.54. The van der Waals surface area contributed by atoms with Crippen LogP contribution in [0.5, 0.6) is 0 Å². The van der Waals surface area contributed by atoms with Gasteiger partial charge in [0, 0.05) is 18.4 Å². The Labute approximate surface area is 153 Å². The van der Waals surface area contributed by atoms with Crippen molar-refractivity contribution in [2.45, 2.75) is 98.3 Å². The zero-order valence-electron chi connectivity index (χ0n) is 16.9. The van der Waals surface area contributed by atoms with E-state index in [4.69, 9.17) is 0 Å². The highest BCUT2D eigenvalue weighted by atomic mass is 31.0. The molecule has 142 valence electrons. The smallest absolute Gasteiger partial charge is 0.122 e. The number of nitrogens with zero attached hydrogens (tertiary/aromatic N) is 1. The predicted molar refractivity (Wildman–Crippen MR) is 111 cm³/mol. The van der Waals surface area contributed by atoms with E-state index in [0.717, 1.165) is 42.6 Å². The Morgan fingerprint density at radius 1 is 1.21 bits per heavy atom. The molecule has 0 bridgehead atoms. The number of allylic oxidation sites excluding steroid dienone is 4. The molecule has 1 saturated heterocycles. The van der Waals surface area contributed by atoms with E-state index in [0.29, 0.717) is 0 Å². The second kappa shape index (κ2) is 14.0. The lowest BCUT2D eigenvalue weighted by molar-refractivity contribution is 0.121. The SMILES string of the molecule is CC.CCC(C)CN1C(C)CCCC1P.CCC1=CCCC=C1F. The van der Waals surface area contributed by atoms with Crippen LogP contribution in [0.3, 0.4) is 0 Å². The maximum absolute atomic E-state index is 12.6. The highest BCUT2D eigenvalue weighted by Crippen LogP contribution is 2.27. The van der Waals surface area contributed by atoms with Gasteiger partial charge in [0.05, 0.1) is 0 Å². The molecule has 0 amide bonds. The van der Waals surface area contributed by atoms with E-state index in [-0.39, 0.29) is 5.83 Å². The van der Waals surface area contributed by atoms with Gasteiger partial charge in [-0.3, -0.25) is 4.90 Å². The van der Waals surface area contributed by atoms with Crippen molar-refractivity contribution in [1.82, 2.24) is 4.90 Å². The van der Waals surface area contributed by atoms with Crippen molar-refractivity contribution in [1.29, 1.82) is 0 Å². The van der Waals surface area contributed by atoms with Crippen LogP contribution in [0, 0.1) is 5.92 Å². The third-order valence-corrected chi connectivity index (χ3v) is 5.62. The van der Waals surface area contributed by atoms with Crippen molar-refractivity contribution in [3.63, 3.8) is 0 Å². The molecule has 0 N–H and O–H groups in total. The summed E-state index contributed by atoms with van der Waals surface area (Å²) in [6.45, 7) is 14.3. The average molecular weight is 358 g/mol. The Kier molecular flexibility index (Phi) is 13.9. The summed E-state index contributed by atoms with van der Waals surface area (Å²) in [7, 11) is 3.01. The van der Waals surface area contributed by atoms with Crippen LogP contribution in [-0.4, -0.2) is 23.3 Å². The van der Waals surface area contributed by atoms with Gasteiger partial charge in [0.1, 0.15) is 5.83 Å². The number of likely N-dealkylation sites (tertiary alicyclic amines) is 1. The summed E-state index contributed by atoms with van der Waals surface area (Å²) in [6, 6.07) is 0.797. The molecule has 0 aromatic carbocycles. The first-order valence-corrected chi connectivity index (χ1v) is 10.7. The summed E-state index contributed by atoms with van der Waals surface area (Å²) in [4.78, 5) is 2.67. The molecule has 24 heavy (non-hydrogen) atoms. The molecular formula is C21H41FNP. The van der Waals surface area contributed by atoms with Crippen LogP contribution in [0.25, 0.3) is 0 Å². The number of halogens is 1. The van der Waals surface area contributed by atoms with Crippen molar-refractivity contribution in [2.24, 2.45) is 5.92 Å². The third kappa shape index (κ3) is 8.77. The minimum atomic E-state index is -0.0104. The minimum absolute atomic E-state index is 0.0104. The second-order valence-electron chi connectivity index (χ2n) is 6.77. The van der Waals surface area contributed by atoms with Gasteiger partial charge in [-0.25, -0.2) is 4.39 Å². The van der Waals surface area contributed by atoms with Crippen LogP contribution in [0.15, 0.2) is 23.6 Å². The Morgan fingerprint density at radius 3 is 2.29 bits per heavy atom. The van der Waals surface area contributed by atoms with Gasteiger partial charge in [-0.2, -0.15) is 0 Å². The molecule has 1 nitrogen and oxygen atoms in total. The molecular weight excluding hydrogens is 316 g/mol. The summed E-state index contributed by atoms with van der Waals surface area (Å²) in [6.07, 6.45) is 11.8. The van der Waals surface area contributed by atoms with Gasteiger partial charge in [0.25, 0.3) is 0 Å². The number of piperidine rings is 1. The van der Waals surface area contributed by atoms with Gasteiger partial charge < -0.3 is 0 Å². The molecule has 0 spiro atoms. The molecule has 4 atom stereocenters. The van der Waals surface area contributed by atoms with Crippen molar-refractivity contribution in [2.75, 3.05) is 6.54 Å². The van der Waals surface area contributed by atoms with Crippen molar-refractivity contribution < 1.29 is 4.39 Å². The fraction of sp³-hybridized carbons (Fsp3) is 0.810. The molecule has 0 radical (unpaired) electrons. The fourth-order valence-electron chi connectivity index (χ4n) is 3.09. The number of rotatable bonds is 4. The Hall–Kier alpha value is -0.200. The molecule has 0 aromatic heterocycles. The Morgan fingerprint density at radius 2 is 1.83 bits per heavy atom. The summed E-state index contributed by atoms with van der Waals surface area (Å²) in [5.74, 6) is 1.57. The van der Waals surface area contributed by atoms with Gasteiger partial charge in [-0.15, -0.1) is 9.24 Å². The van der Waals surface area contributed by atoms with E-state index in [1.165, 1.54) is 32.2 Å². The predicted octanol–water partition coefficient (Wildman–Crippen LogP) is 7.10.